The average Bonchev–Trinajstić information content (AvgIpc) is 3.04. The van der Waals surface area contributed by atoms with Gasteiger partial charge in [-0.1, -0.05) is 0 Å². The molecule has 1 fully saturated rings. The number of nitrogens with one attached hydrogen (secondary N) is 1. The van der Waals surface area contributed by atoms with E-state index in [1.54, 1.807) is 19.3 Å². The molecule has 1 aliphatic heterocycles. The third-order valence-corrected chi connectivity index (χ3v) is 4.78. The van der Waals surface area contributed by atoms with Crippen molar-refractivity contribution in [2.24, 2.45) is 13.0 Å². The van der Waals surface area contributed by atoms with E-state index in [9.17, 15) is 22.8 Å². The van der Waals surface area contributed by atoms with Gasteiger partial charge in [-0.15, -0.1) is 0 Å². The van der Waals surface area contributed by atoms with Gasteiger partial charge < -0.3 is 14.6 Å². The van der Waals surface area contributed by atoms with E-state index in [0.717, 1.165) is 29.7 Å². The second kappa shape index (κ2) is 8.17. The number of anilines is 1. The molecule has 0 saturated carbocycles. The lowest BCUT2D eigenvalue weighted by atomic mass is 9.92. The molecule has 0 aromatic carbocycles. The Kier molecular flexibility index (Phi) is 5.87. The SMILES string of the molecule is Cn1ccc(NC(=O)[C@H](CC2CCOCC2)n2ccc(C(F)(F)F)cc2=O)n1. The maximum absolute atomic E-state index is 12.9. The predicted octanol–water partition coefficient (Wildman–Crippen LogP) is 2.60. The van der Waals surface area contributed by atoms with Crippen LogP contribution in [-0.2, 0) is 22.8 Å². The van der Waals surface area contributed by atoms with Gasteiger partial charge in [0.15, 0.2) is 5.82 Å². The fraction of sp³-hybridized carbons (Fsp3) is 0.500. The third-order valence-electron chi connectivity index (χ3n) is 4.78. The van der Waals surface area contributed by atoms with Gasteiger partial charge in [0.2, 0.25) is 5.91 Å². The highest BCUT2D eigenvalue weighted by atomic mass is 19.4. The van der Waals surface area contributed by atoms with Crippen LogP contribution >= 0.6 is 0 Å². The van der Waals surface area contributed by atoms with Gasteiger partial charge in [-0.2, -0.15) is 18.3 Å². The van der Waals surface area contributed by atoms with Crippen molar-refractivity contribution < 1.29 is 22.7 Å². The fourth-order valence-electron chi connectivity index (χ4n) is 3.26. The number of amides is 1. The van der Waals surface area contributed by atoms with Crippen molar-refractivity contribution in [3.8, 4) is 0 Å². The summed E-state index contributed by atoms with van der Waals surface area (Å²) in [6, 6.07) is 1.98. The molecule has 28 heavy (non-hydrogen) atoms. The smallest absolute Gasteiger partial charge is 0.381 e. The van der Waals surface area contributed by atoms with Gasteiger partial charge >= 0.3 is 6.18 Å². The monoisotopic (exact) mass is 398 g/mol. The molecule has 0 spiro atoms. The van der Waals surface area contributed by atoms with E-state index in [0.29, 0.717) is 31.5 Å². The van der Waals surface area contributed by atoms with Crippen LogP contribution in [0, 0.1) is 5.92 Å². The molecule has 10 heteroatoms. The number of hydrogen-bond donors (Lipinski definition) is 1. The van der Waals surface area contributed by atoms with Crippen LogP contribution in [0.1, 0.15) is 30.9 Å². The Hall–Kier alpha value is -2.62. The maximum atomic E-state index is 12.9. The molecule has 0 bridgehead atoms. The zero-order valence-corrected chi connectivity index (χ0v) is 15.3. The van der Waals surface area contributed by atoms with Crippen molar-refractivity contribution in [2.45, 2.75) is 31.5 Å². The van der Waals surface area contributed by atoms with Crippen LogP contribution in [0.15, 0.2) is 35.4 Å². The lowest BCUT2D eigenvalue weighted by Crippen LogP contribution is -2.35. The summed E-state index contributed by atoms with van der Waals surface area (Å²) in [6.45, 7) is 1.11. The highest BCUT2D eigenvalue weighted by Crippen LogP contribution is 2.29. The van der Waals surface area contributed by atoms with Gasteiger partial charge in [-0.05, 0) is 31.2 Å². The van der Waals surface area contributed by atoms with E-state index in [4.69, 9.17) is 4.74 Å². The number of ether oxygens (including phenoxy) is 1. The van der Waals surface area contributed by atoms with Crippen molar-refractivity contribution in [3.05, 3.63) is 46.5 Å². The summed E-state index contributed by atoms with van der Waals surface area (Å²) in [7, 11) is 1.69. The Morgan fingerprint density at radius 2 is 2.04 bits per heavy atom. The number of rotatable bonds is 5. The van der Waals surface area contributed by atoms with Crippen molar-refractivity contribution in [3.63, 3.8) is 0 Å². The summed E-state index contributed by atoms with van der Waals surface area (Å²) in [6.07, 6.45) is -0.163. The molecule has 2 aromatic rings. The molecule has 3 rings (SSSR count). The molecule has 0 aliphatic carbocycles. The number of aromatic nitrogens is 3. The third kappa shape index (κ3) is 4.80. The largest absolute Gasteiger partial charge is 0.416 e. The summed E-state index contributed by atoms with van der Waals surface area (Å²) in [5, 5.41) is 6.71. The molecule has 2 aromatic heterocycles. The number of nitrogens with zero attached hydrogens (tertiary/aromatic N) is 3. The van der Waals surface area contributed by atoms with Crippen molar-refractivity contribution in [1.29, 1.82) is 0 Å². The van der Waals surface area contributed by atoms with Gasteiger partial charge in [-0.25, -0.2) is 0 Å². The molecule has 1 saturated heterocycles. The lowest BCUT2D eigenvalue weighted by molar-refractivity contribution is -0.137. The molecule has 152 valence electrons. The van der Waals surface area contributed by atoms with Crippen LogP contribution in [0.3, 0.4) is 0 Å². The second-order valence-electron chi connectivity index (χ2n) is 6.83. The quantitative estimate of drug-likeness (QED) is 0.840. The van der Waals surface area contributed by atoms with E-state index >= 15 is 0 Å². The number of aryl methyl sites for hydroxylation is 1. The summed E-state index contributed by atoms with van der Waals surface area (Å²) >= 11 is 0. The fourth-order valence-corrected chi connectivity index (χ4v) is 3.26. The number of carbonyl (C=O) groups is 1. The van der Waals surface area contributed by atoms with Gasteiger partial charge in [0, 0.05) is 44.8 Å². The van der Waals surface area contributed by atoms with E-state index in [-0.39, 0.29) is 5.92 Å². The van der Waals surface area contributed by atoms with Crippen molar-refractivity contribution in [1.82, 2.24) is 14.3 Å². The number of pyridine rings is 1. The number of halogens is 3. The minimum atomic E-state index is -4.62. The zero-order valence-electron chi connectivity index (χ0n) is 15.3. The van der Waals surface area contributed by atoms with Crippen LogP contribution < -0.4 is 10.9 Å². The first-order chi connectivity index (χ1) is 13.2. The second-order valence-corrected chi connectivity index (χ2v) is 6.83. The summed E-state index contributed by atoms with van der Waals surface area (Å²) in [4.78, 5) is 25.2. The molecule has 0 unspecified atom stereocenters. The van der Waals surface area contributed by atoms with Crippen LogP contribution in [0.4, 0.5) is 19.0 Å². The summed E-state index contributed by atoms with van der Waals surface area (Å²) in [5.74, 6) is -0.0566. The normalized spacial score (nSPS) is 16.7. The van der Waals surface area contributed by atoms with E-state index in [1.165, 1.54) is 4.68 Å². The van der Waals surface area contributed by atoms with Crippen molar-refractivity contribution in [2.75, 3.05) is 18.5 Å². The van der Waals surface area contributed by atoms with Crippen LogP contribution in [0.5, 0.6) is 0 Å². The molecular formula is C18H21F3N4O3. The molecule has 1 aliphatic rings. The van der Waals surface area contributed by atoms with Crippen LogP contribution in [-0.4, -0.2) is 33.5 Å². The molecular weight excluding hydrogens is 377 g/mol. The predicted molar refractivity (Wildman–Crippen MR) is 94.7 cm³/mol. The maximum Gasteiger partial charge on any atom is 0.416 e. The Morgan fingerprint density at radius 1 is 1.32 bits per heavy atom. The van der Waals surface area contributed by atoms with Crippen molar-refractivity contribution >= 4 is 11.7 Å². The zero-order chi connectivity index (χ0) is 20.3. The Balaban J connectivity index is 1.88. The average molecular weight is 398 g/mol. The summed E-state index contributed by atoms with van der Waals surface area (Å²) in [5.41, 5.74) is -1.91. The Bertz CT molecular complexity index is 885. The van der Waals surface area contributed by atoms with Gasteiger partial charge in [-0.3, -0.25) is 14.3 Å². The van der Waals surface area contributed by atoms with E-state index in [1.807, 2.05) is 0 Å². The van der Waals surface area contributed by atoms with Gasteiger partial charge in [0.05, 0.1) is 5.56 Å². The molecule has 1 N–H and O–H groups in total. The molecule has 0 radical (unpaired) electrons. The lowest BCUT2D eigenvalue weighted by Gasteiger charge is -2.27. The first-order valence-corrected chi connectivity index (χ1v) is 8.91. The highest BCUT2D eigenvalue weighted by Gasteiger charge is 2.33. The molecule has 1 atom stereocenters. The number of carbonyl (C=O) groups excluding carboxylic acids is 1. The van der Waals surface area contributed by atoms with Crippen LogP contribution in [0.25, 0.3) is 0 Å². The highest BCUT2D eigenvalue weighted by molar-refractivity contribution is 5.92. The van der Waals surface area contributed by atoms with Gasteiger partial charge in [0.1, 0.15) is 6.04 Å². The topological polar surface area (TPSA) is 78.2 Å². The minimum Gasteiger partial charge on any atom is -0.381 e. The Morgan fingerprint density at radius 3 is 2.61 bits per heavy atom. The first kappa shape index (κ1) is 20.1. The standard InChI is InChI=1S/C18H21F3N4O3/c1-24-6-3-15(23-24)22-17(27)14(10-12-4-8-28-9-5-12)25-7-2-13(11-16(25)26)18(19,20)21/h2-3,6-7,11-12,14H,4-5,8-10H2,1H3,(H,22,23,27)/t14-/m0/s1. The van der Waals surface area contributed by atoms with Gasteiger partial charge in [0.25, 0.3) is 5.56 Å². The molecule has 1 amide bonds. The molecule has 7 nitrogen and oxygen atoms in total. The number of alkyl halides is 3. The van der Waals surface area contributed by atoms with E-state index < -0.39 is 29.2 Å². The molecule has 3 heterocycles. The summed E-state index contributed by atoms with van der Waals surface area (Å²) < 4.78 is 46.5. The minimum absolute atomic E-state index is 0.127. The Labute approximate surface area is 159 Å². The first-order valence-electron chi connectivity index (χ1n) is 8.91. The number of hydrogen-bond acceptors (Lipinski definition) is 4. The van der Waals surface area contributed by atoms with Crippen LogP contribution in [0.2, 0.25) is 0 Å². The van der Waals surface area contributed by atoms with E-state index in [2.05, 4.69) is 10.4 Å².